The van der Waals surface area contributed by atoms with Crippen LogP contribution in [0.15, 0.2) is 30.6 Å². The summed E-state index contributed by atoms with van der Waals surface area (Å²) in [7, 11) is 0. The van der Waals surface area contributed by atoms with Gasteiger partial charge in [0.15, 0.2) is 0 Å². The van der Waals surface area contributed by atoms with Crippen molar-refractivity contribution in [2.45, 2.75) is 25.9 Å². The number of halogens is 1. The predicted molar refractivity (Wildman–Crippen MR) is 95.7 cm³/mol. The first-order valence-corrected chi connectivity index (χ1v) is 8.51. The summed E-state index contributed by atoms with van der Waals surface area (Å²) in [6.45, 7) is 4.10. The fourth-order valence-electron chi connectivity index (χ4n) is 2.37. The Morgan fingerprint density at radius 1 is 1.23 bits per heavy atom. The van der Waals surface area contributed by atoms with Crippen molar-refractivity contribution in [2.24, 2.45) is 0 Å². The van der Waals surface area contributed by atoms with Crippen LogP contribution in [0.4, 0.5) is 11.5 Å². The monoisotopic (exact) mass is 410 g/mol. The Morgan fingerprint density at radius 2 is 2.05 bits per heavy atom. The van der Waals surface area contributed by atoms with E-state index in [1.54, 1.807) is 0 Å². The minimum absolute atomic E-state index is 0.240. The molecule has 2 heterocycles. The summed E-state index contributed by atoms with van der Waals surface area (Å²) in [5, 5.41) is 6.63. The summed E-state index contributed by atoms with van der Waals surface area (Å²) >= 11 is 2.33. The molecule has 1 aliphatic heterocycles. The van der Waals surface area contributed by atoms with Crippen molar-refractivity contribution in [3.63, 3.8) is 0 Å². The van der Waals surface area contributed by atoms with Crippen molar-refractivity contribution in [3.05, 3.63) is 39.7 Å². The number of nitrogens with zero attached hydrogens (tertiary/aromatic N) is 2. The molecule has 6 heteroatoms. The fourth-order valence-corrected chi connectivity index (χ4v) is 2.89. The highest BCUT2D eigenvalue weighted by molar-refractivity contribution is 14.1. The third kappa shape index (κ3) is 4.07. The van der Waals surface area contributed by atoms with Gasteiger partial charge < -0.3 is 15.4 Å². The molecule has 0 bridgehead atoms. The van der Waals surface area contributed by atoms with Gasteiger partial charge in [0.05, 0.1) is 0 Å². The molecule has 0 atom stereocenters. The summed E-state index contributed by atoms with van der Waals surface area (Å²) < 4.78 is 7.17. The number of anilines is 2. The molecule has 5 nitrogen and oxygen atoms in total. The van der Waals surface area contributed by atoms with E-state index in [-0.39, 0.29) is 6.10 Å². The smallest absolute Gasteiger partial charge is 0.218 e. The lowest BCUT2D eigenvalue weighted by Crippen LogP contribution is -2.34. The summed E-state index contributed by atoms with van der Waals surface area (Å²) in [5.74, 6) is 1.38. The number of aromatic nitrogens is 2. The zero-order valence-corrected chi connectivity index (χ0v) is 14.6. The van der Waals surface area contributed by atoms with Crippen molar-refractivity contribution >= 4 is 34.1 Å². The number of rotatable bonds is 4. The van der Waals surface area contributed by atoms with Gasteiger partial charge in [0, 0.05) is 15.3 Å². The second-order valence-electron chi connectivity index (χ2n) is 5.40. The molecule has 116 valence electrons. The van der Waals surface area contributed by atoms with E-state index in [0.29, 0.717) is 5.88 Å². The van der Waals surface area contributed by atoms with E-state index in [2.05, 4.69) is 62.2 Å². The van der Waals surface area contributed by atoms with Crippen LogP contribution in [0.2, 0.25) is 0 Å². The number of benzene rings is 1. The molecule has 1 aromatic heterocycles. The first kappa shape index (κ1) is 15.5. The summed E-state index contributed by atoms with van der Waals surface area (Å²) in [6.07, 6.45) is 3.81. The van der Waals surface area contributed by atoms with Crippen LogP contribution in [0.1, 0.15) is 18.4 Å². The number of nitrogens with one attached hydrogen (secondary N) is 2. The molecule has 22 heavy (non-hydrogen) atoms. The van der Waals surface area contributed by atoms with Crippen LogP contribution < -0.4 is 15.4 Å². The number of piperidine rings is 1. The maximum Gasteiger partial charge on any atom is 0.218 e. The average molecular weight is 410 g/mol. The van der Waals surface area contributed by atoms with Crippen LogP contribution >= 0.6 is 22.6 Å². The zero-order chi connectivity index (χ0) is 15.4. The summed E-state index contributed by atoms with van der Waals surface area (Å²) in [5.41, 5.74) is 2.28. The molecule has 0 spiro atoms. The number of hydrogen-bond donors (Lipinski definition) is 2. The van der Waals surface area contributed by atoms with Gasteiger partial charge in [-0.05, 0) is 73.1 Å². The third-order valence-electron chi connectivity index (χ3n) is 3.66. The minimum Gasteiger partial charge on any atom is -0.474 e. The molecule has 0 aliphatic carbocycles. The van der Waals surface area contributed by atoms with Crippen molar-refractivity contribution in [2.75, 3.05) is 18.4 Å². The van der Waals surface area contributed by atoms with Gasteiger partial charge in [-0.15, -0.1) is 0 Å². The first-order chi connectivity index (χ1) is 10.7. The zero-order valence-electron chi connectivity index (χ0n) is 12.5. The van der Waals surface area contributed by atoms with E-state index in [0.717, 1.165) is 37.4 Å². The van der Waals surface area contributed by atoms with Crippen LogP contribution in [0, 0.1) is 10.5 Å². The van der Waals surface area contributed by atoms with E-state index in [1.807, 2.05) is 12.1 Å². The summed E-state index contributed by atoms with van der Waals surface area (Å²) in [6, 6.07) is 8.10. The van der Waals surface area contributed by atoms with E-state index in [9.17, 15) is 0 Å². The van der Waals surface area contributed by atoms with Crippen molar-refractivity contribution in [1.82, 2.24) is 15.3 Å². The second-order valence-corrected chi connectivity index (χ2v) is 6.56. The lowest BCUT2D eigenvalue weighted by Gasteiger charge is -2.23. The molecule has 3 rings (SSSR count). The first-order valence-electron chi connectivity index (χ1n) is 7.43. The Kier molecular flexibility index (Phi) is 5.09. The van der Waals surface area contributed by atoms with Crippen LogP contribution in [-0.2, 0) is 0 Å². The van der Waals surface area contributed by atoms with E-state index >= 15 is 0 Å². The highest BCUT2D eigenvalue weighted by Crippen LogP contribution is 2.22. The third-order valence-corrected chi connectivity index (χ3v) is 4.82. The van der Waals surface area contributed by atoms with Crippen LogP contribution in [-0.4, -0.2) is 29.2 Å². The molecule has 2 N–H and O–H groups in total. The quantitative estimate of drug-likeness (QED) is 0.758. The SMILES string of the molecule is Cc1ccc(Nc2cc(OC3CCNCC3)ncn2)cc1I. The maximum atomic E-state index is 5.94. The van der Waals surface area contributed by atoms with Crippen molar-refractivity contribution < 1.29 is 4.74 Å². The molecular formula is C16H19IN4O. The topological polar surface area (TPSA) is 59.1 Å². The fraction of sp³-hybridized carbons (Fsp3) is 0.375. The molecule has 1 fully saturated rings. The standard InChI is InChI=1S/C16H19IN4O/c1-11-2-3-12(8-14(11)17)21-15-9-16(20-10-19-15)22-13-4-6-18-7-5-13/h2-3,8-10,13,18H,4-7H2,1H3,(H,19,20,21). The normalized spacial score (nSPS) is 15.5. The number of aryl methyl sites for hydroxylation is 1. The van der Waals surface area contributed by atoms with E-state index in [1.165, 1.54) is 15.5 Å². The van der Waals surface area contributed by atoms with Gasteiger partial charge in [0.2, 0.25) is 5.88 Å². The van der Waals surface area contributed by atoms with Crippen LogP contribution in [0.5, 0.6) is 5.88 Å². The van der Waals surface area contributed by atoms with E-state index in [4.69, 9.17) is 4.74 Å². The van der Waals surface area contributed by atoms with Gasteiger partial charge in [-0.1, -0.05) is 6.07 Å². The Labute approximate surface area is 144 Å². The molecule has 1 saturated heterocycles. The highest BCUT2D eigenvalue weighted by atomic mass is 127. The lowest BCUT2D eigenvalue weighted by molar-refractivity contribution is 0.156. The molecular weight excluding hydrogens is 391 g/mol. The van der Waals surface area contributed by atoms with Crippen LogP contribution in [0.25, 0.3) is 0 Å². The second kappa shape index (κ2) is 7.23. The Morgan fingerprint density at radius 3 is 2.82 bits per heavy atom. The largest absolute Gasteiger partial charge is 0.474 e. The number of hydrogen-bond acceptors (Lipinski definition) is 5. The predicted octanol–water partition coefficient (Wildman–Crippen LogP) is 3.26. The molecule has 1 aromatic carbocycles. The molecule has 0 amide bonds. The number of ether oxygens (including phenoxy) is 1. The average Bonchev–Trinajstić information content (AvgIpc) is 2.52. The van der Waals surface area contributed by atoms with Crippen molar-refractivity contribution in [1.29, 1.82) is 0 Å². The molecule has 0 saturated carbocycles. The summed E-state index contributed by atoms with van der Waals surface area (Å²) in [4.78, 5) is 8.47. The molecule has 2 aromatic rings. The van der Waals surface area contributed by atoms with Gasteiger partial charge in [0.1, 0.15) is 18.2 Å². The van der Waals surface area contributed by atoms with Gasteiger partial charge in [-0.2, -0.15) is 0 Å². The van der Waals surface area contributed by atoms with Gasteiger partial charge >= 0.3 is 0 Å². The molecule has 0 unspecified atom stereocenters. The van der Waals surface area contributed by atoms with Crippen LogP contribution in [0.3, 0.4) is 0 Å². The minimum atomic E-state index is 0.240. The Bertz CT molecular complexity index is 644. The lowest BCUT2D eigenvalue weighted by atomic mass is 10.1. The molecule has 0 radical (unpaired) electrons. The van der Waals surface area contributed by atoms with Gasteiger partial charge in [0.25, 0.3) is 0 Å². The maximum absolute atomic E-state index is 5.94. The van der Waals surface area contributed by atoms with E-state index < -0.39 is 0 Å². The van der Waals surface area contributed by atoms with Gasteiger partial charge in [-0.3, -0.25) is 0 Å². The van der Waals surface area contributed by atoms with Gasteiger partial charge in [-0.25, -0.2) is 9.97 Å². The Hall–Kier alpha value is -1.41. The Balaban J connectivity index is 1.68. The van der Waals surface area contributed by atoms with Crippen molar-refractivity contribution in [3.8, 4) is 5.88 Å². The molecule has 1 aliphatic rings. The highest BCUT2D eigenvalue weighted by Gasteiger charge is 2.15.